The number of nitrogens with two attached hydrogens (primary N) is 3. The maximum atomic E-state index is 12.7. The average molecular weight is 395 g/mol. The number of unbranched alkanes of at least 4 members (excludes halogenated alkanes) is 1. The predicted molar refractivity (Wildman–Crippen MR) is 104 cm³/mol. The number of aromatic hydroxyl groups is 1. The molecule has 10 heteroatoms. The van der Waals surface area contributed by atoms with Crippen LogP contribution in [0, 0.1) is 0 Å². The van der Waals surface area contributed by atoms with Gasteiger partial charge in [-0.25, -0.2) is 4.79 Å². The van der Waals surface area contributed by atoms with E-state index in [-0.39, 0.29) is 18.6 Å². The number of hydrogen-bond donors (Lipinski definition) is 7. The third-order valence-corrected chi connectivity index (χ3v) is 4.16. The summed E-state index contributed by atoms with van der Waals surface area (Å²) in [6, 6.07) is 1.15. The molecule has 0 heterocycles. The fraction of sp³-hybridized carbons (Fsp3) is 0.500. The third kappa shape index (κ3) is 7.41. The van der Waals surface area contributed by atoms with Gasteiger partial charge in [-0.1, -0.05) is 0 Å². The second kappa shape index (κ2) is 11.1. The summed E-state index contributed by atoms with van der Waals surface area (Å²) in [4.78, 5) is 36.1. The minimum atomic E-state index is -1.18. The molecule has 0 saturated carbocycles. The van der Waals surface area contributed by atoms with Gasteiger partial charge in [0, 0.05) is 12.1 Å². The molecule has 1 aromatic rings. The van der Waals surface area contributed by atoms with E-state index < -0.39 is 35.9 Å². The first-order chi connectivity index (χ1) is 13.1. The number of phenolic OH excluding ortho intramolecular Hbond substituents is 1. The molecule has 0 aliphatic rings. The number of phenols is 1. The van der Waals surface area contributed by atoms with E-state index in [9.17, 15) is 24.6 Å². The number of hydrogen-bond acceptors (Lipinski definition) is 7. The number of nitrogen functional groups attached to an aromatic ring is 1. The van der Waals surface area contributed by atoms with E-state index in [2.05, 4.69) is 10.6 Å². The fourth-order valence-corrected chi connectivity index (χ4v) is 2.52. The molecule has 156 valence electrons. The smallest absolute Gasteiger partial charge is 0.326 e. The molecule has 2 amide bonds. The number of carbonyl (C=O) groups is 3. The topological polar surface area (TPSA) is 194 Å². The number of rotatable bonds is 11. The number of carboxylic acids is 1. The Kier molecular flexibility index (Phi) is 9.19. The SMILES string of the molecule is C[C@H](N)C(=O)N[C@@H](Cc1cc(O)ccc1N)C(=O)N[C@@H](CCCCN)C(=O)O. The van der Waals surface area contributed by atoms with Crippen molar-refractivity contribution < 1.29 is 24.6 Å². The Balaban J connectivity index is 2.98. The van der Waals surface area contributed by atoms with Gasteiger partial charge in [-0.3, -0.25) is 9.59 Å². The standard InChI is InChI=1S/C18H29N5O5/c1-10(20)16(25)23-15(9-11-8-12(24)5-6-13(11)21)17(26)22-14(18(27)28)4-2-3-7-19/h5-6,8,10,14-15,24H,2-4,7,9,19-21H2,1H3,(H,22,26)(H,23,25)(H,27,28)/t10-,14-,15-/m0/s1. The molecule has 0 spiro atoms. The minimum absolute atomic E-state index is 0.0420. The normalized spacial score (nSPS) is 14.0. The molecule has 0 fully saturated rings. The summed E-state index contributed by atoms with van der Waals surface area (Å²) in [5.74, 6) is -2.49. The minimum Gasteiger partial charge on any atom is -0.508 e. The van der Waals surface area contributed by atoms with Gasteiger partial charge in [-0.2, -0.15) is 0 Å². The number of amides is 2. The summed E-state index contributed by atoms with van der Waals surface area (Å²) >= 11 is 0. The van der Waals surface area contributed by atoms with Crippen molar-refractivity contribution in [3.8, 4) is 5.75 Å². The Morgan fingerprint density at radius 1 is 1.11 bits per heavy atom. The van der Waals surface area contributed by atoms with Gasteiger partial charge >= 0.3 is 5.97 Å². The lowest BCUT2D eigenvalue weighted by molar-refractivity contribution is -0.142. The van der Waals surface area contributed by atoms with E-state index in [1.807, 2.05) is 0 Å². The van der Waals surface area contributed by atoms with E-state index in [1.54, 1.807) is 0 Å². The molecule has 0 bridgehead atoms. The summed E-state index contributed by atoms with van der Waals surface area (Å²) < 4.78 is 0. The van der Waals surface area contributed by atoms with Gasteiger partial charge in [-0.05, 0) is 56.5 Å². The first kappa shape index (κ1) is 23.2. The van der Waals surface area contributed by atoms with Crippen LogP contribution >= 0.6 is 0 Å². The highest BCUT2D eigenvalue weighted by atomic mass is 16.4. The zero-order chi connectivity index (χ0) is 21.3. The highest BCUT2D eigenvalue weighted by Crippen LogP contribution is 2.20. The summed E-state index contributed by atoms with van der Waals surface area (Å²) in [5.41, 5.74) is 17.6. The van der Waals surface area contributed by atoms with Crippen molar-refractivity contribution in [1.29, 1.82) is 0 Å². The van der Waals surface area contributed by atoms with E-state index >= 15 is 0 Å². The Bertz CT molecular complexity index is 695. The lowest BCUT2D eigenvalue weighted by atomic mass is 10.0. The Morgan fingerprint density at radius 3 is 2.32 bits per heavy atom. The molecule has 0 radical (unpaired) electrons. The summed E-state index contributed by atoms with van der Waals surface area (Å²) in [5, 5.41) is 23.9. The van der Waals surface area contributed by atoms with E-state index in [0.29, 0.717) is 30.6 Å². The Hall–Kier alpha value is -2.85. The molecule has 10 N–H and O–H groups in total. The summed E-state index contributed by atoms with van der Waals surface area (Å²) in [6.45, 7) is 1.88. The van der Waals surface area contributed by atoms with Crippen LogP contribution in [0.4, 0.5) is 5.69 Å². The molecular formula is C18H29N5O5. The van der Waals surface area contributed by atoms with Crippen LogP contribution in [0.1, 0.15) is 31.7 Å². The van der Waals surface area contributed by atoms with Crippen LogP contribution in [0.15, 0.2) is 18.2 Å². The maximum Gasteiger partial charge on any atom is 0.326 e. The average Bonchev–Trinajstić information content (AvgIpc) is 2.62. The van der Waals surface area contributed by atoms with Crippen LogP contribution in [0.2, 0.25) is 0 Å². The third-order valence-electron chi connectivity index (χ3n) is 4.16. The monoisotopic (exact) mass is 395 g/mol. The van der Waals surface area contributed by atoms with Gasteiger partial charge in [0.15, 0.2) is 0 Å². The number of aliphatic carboxylic acids is 1. The fourth-order valence-electron chi connectivity index (χ4n) is 2.52. The molecule has 0 unspecified atom stereocenters. The van der Waals surface area contributed by atoms with Crippen LogP contribution < -0.4 is 27.8 Å². The van der Waals surface area contributed by atoms with Crippen molar-refractivity contribution in [2.24, 2.45) is 11.5 Å². The van der Waals surface area contributed by atoms with Crippen LogP contribution in [0.5, 0.6) is 5.75 Å². The van der Waals surface area contributed by atoms with Gasteiger partial charge in [0.25, 0.3) is 0 Å². The van der Waals surface area contributed by atoms with Gasteiger partial charge in [0.05, 0.1) is 6.04 Å². The van der Waals surface area contributed by atoms with Crippen LogP contribution in [-0.4, -0.2) is 52.7 Å². The van der Waals surface area contributed by atoms with Crippen LogP contribution in [-0.2, 0) is 20.8 Å². The molecule has 28 heavy (non-hydrogen) atoms. The molecule has 1 rings (SSSR count). The lowest BCUT2D eigenvalue weighted by Crippen LogP contribution is -2.54. The van der Waals surface area contributed by atoms with E-state index in [4.69, 9.17) is 17.2 Å². The van der Waals surface area contributed by atoms with Gasteiger partial charge in [0.2, 0.25) is 11.8 Å². The van der Waals surface area contributed by atoms with Crippen molar-refractivity contribution in [3.63, 3.8) is 0 Å². The summed E-state index contributed by atoms with van der Waals surface area (Å²) in [7, 11) is 0. The molecule has 0 aliphatic carbocycles. The van der Waals surface area contributed by atoms with Gasteiger partial charge in [-0.15, -0.1) is 0 Å². The molecule has 10 nitrogen and oxygen atoms in total. The molecule has 3 atom stereocenters. The van der Waals surface area contributed by atoms with Gasteiger partial charge < -0.3 is 38.0 Å². The largest absolute Gasteiger partial charge is 0.508 e. The summed E-state index contributed by atoms with van der Waals surface area (Å²) in [6.07, 6.45) is 1.33. The van der Waals surface area contributed by atoms with Crippen molar-refractivity contribution in [1.82, 2.24) is 10.6 Å². The zero-order valence-electron chi connectivity index (χ0n) is 15.9. The second-order valence-electron chi connectivity index (χ2n) is 6.62. The first-order valence-electron chi connectivity index (χ1n) is 9.02. The lowest BCUT2D eigenvalue weighted by Gasteiger charge is -2.23. The molecule has 1 aromatic carbocycles. The number of anilines is 1. The van der Waals surface area contributed by atoms with Crippen LogP contribution in [0.25, 0.3) is 0 Å². The van der Waals surface area contributed by atoms with Crippen molar-refractivity contribution in [3.05, 3.63) is 23.8 Å². The zero-order valence-corrected chi connectivity index (χ0v) is 15.9. The first-order valence-corrected chi connectivity index (χ1v) is 9.02. The van der Waals surface area contributed by atoms with E-state index in [0.717, 1.165) is 0 Å². The predicted octanol–water partition coefficient (Wildman–Crippen LogP) is -0.953. The molecule has 0 saturated heterocycles. The van der Waals surface area contributed by atoms with Crippen molar-refractivity contribution in [2.75, 3.05) is 12.3 Å². The quantitative estimate of drug-likeness (QED) is 0.141. The second-order valence-corrected chi connectivity index (χ2v) is 6.62. The number of nitrogens with one attached hydrogen (secondary N) is 2. The number of carboxylic acid groups (broad SMARTS) is 1. The highest BCUT2D eigenvalue weighted by Gasteiger charge is 2.27. The van der Waals surface area contributed by atoms with Crippen LogP contribution in [0.3, 0.4) is 0 Å². The van der Waals surface area contributed by atoms with Crippen molar-refractivity contribution >= 4 is 23.5 Å². The molecular weight excluding hydrogens is 366 g/mol. The Labute approximate surface area is 163 Å². The number of benzene rings is 1. The molecule has 0 aromatic heterocycles. The Morgan fingerprint density at radius 2 is 1.75 bits per heavy atom. The highest BCUT2D eigenvalue weighted by molar-refractivity contribution is 5.92. The van der Waals surface area contributed by atoms with Crippen molar-refractivity contribution in [2.45, 2.75) is 50.7 Å². The maximum absolute atomic E-state index is 12.7. The van der Waals surface area contributed by atoms with Gasteiger partial charge in [0.1, 0.15) is 17.8 Å². The number of carbonyl (C=O) groups excluding carboxylic acids is 2. The van der Waals surface area contributed by atoms with E-state index in [1.165, 1.54) is 25.1 Å². The molecule has 0 aliphatic heterocycles.